The zero-order valence-corrected chi connectivity index (χ0v) is 18.8. The Labute approximate surface area is 189 Å². The van der Waals surface area contributed by atoms with Crippen LogP contribution in [0.4, 0.5) is 0 Å². The van der Waals surface area contributed by atoms with E-state index in [1.807, 2.05) is 19.9 Å². The molecule has 1 aliphatic heterocycles. The molecule has 3 amide bonds. The van der Waals surface area contributed by atoms with Gasteiger partial charge >= 0.3 is 0 Å². The standard InChI is InChI=1S/C25H31N3O4/c1-17(2)26-24(30)22(27-23(29)19-7-5-4-6-8-19)18-13-15-28(16-14-18)25(31)20-9-11-21(32-3)12-10-20/h4-12,17-18,22H,13-16H2,1-3H3,(H,26,30)(H,27,29). The molecular weight excluding hydrogens is 406 g/mol. The number of nitrogens with one attached hydrogen (secondary N) is 2. The number of benzene rings is 2. The van der Waals surface area contributed by atoms with E-state index in [9.17, 15) is 14.4 Å². The quantitative estimate of drug-likeness (QED) is 0.697. The molecule has 0 aliphatic carbocycles. The van der Waals surface area contributed by atoms with E-state index in [0.29, 0.717) is 42.8 Å². The van der Waals surface area contributed by atoms with Crippen LogP contribution in [0.25, 0.3) is 0 Å². The first-order chi connectivity index (χ1) is 15.4. The van der Waals surface area contributed by atoms with Crippen molar-refractivity contribution >= 4 is 17.7 Å². The highest BCUT2D eigenvalue weighted by molar-refractivity contribution is 5.97. The lowest BCUT2D eigenvalue weighted by Crippen LogP contribution is -2.54. The van der Waals surface area contributed by atoms with Crippen molar-refractivity contribution in [2.45, 2.75) is 38.8 Å². The van der Waals surface area contributed by atoms with Crippen molar-refractivity contribution in [3.63, 3.8) is 0 Å². The molecule has 0 spiro atoms. The van der Waals surface area contributed by atoms with E-state index < -0.39 is 6.04 Å². The number of amides is 3. The first-order valence-corrected chi connectivity index (χ1v) is 11.0. The van der Waals surface area contributed by atoms with Crippen LogP contribution in [0, 0.1) is 5.92 Å². The lowest BCUT2D eigenvalue weighted by molar-refractivity contribution is -0.125. The Bertz CT molecular complexity index is 920. The molecule has 7 heteroatoms. The van der Waals surface area contributed by atoms with Crippen molar-refractivity contribution in [2.75, 3.05) is 20.2 Å². The predicted molar refractivity (Wildman–Crippen MR) is 123 cm³/mol. The molecule has 1 saturated heterocycles. The number of hydrogen-bond donors (Lipinski definition) is 2. The van der Waals surface area contributed by atoms with Crippen molar-refractivity contribution in [3.05, 3.63) is 65.7 Å². The minimum Gasteiger partial charge on any atom is -0.497 e. The van der Waals surface area contributed by atoms with Crippen LogP contribution in [-0.2, 0) is 4.79 Å². The molecule has 1 aliphatic rings. The Morgan fingerprint density at radius 3 is 2.09 bits per heavy atom. The normalized spacial score (nSPS) is 15.2. The Kier molecular flexibility index (Phi) is 7.87. The number of likely N-dealkylation sites (tertiary alicyclic amines) is 1. The fraction of sp³-hybridized carbons (Fsp3) is 0.400. The van der Waals surface area contributed by atoms with Gasteiger partial charge in [0.1, 0.15) is 11.8 Å². The number of carbonyl (C=O) groups is 3. The van der Waals surface area contributed by atoms with Gasteiger partial charge in [-0.25, -0.2) is 0 Å². The number of rotatable bonds is 7. The molecule has 3 rings (SSSR count). The van der Waals surface area contributed by atoms with Crippen molar-refractivity contribution < 1.29 is 19.1 Å². The third-order valence-corrected chi connectivity index (χ3v) is 5.67. The van der Waals surface area contributed by atoms with Crippen molar-refractivity contribution in [1.82, 2.24) is 15.5 Å². The second-order valence-corrected chi connectivity index (χ2v) is 8.34. The molecule has 2 aromatic rings. The van der Waals surface area contributed by atoms with Crippen LogP contribution in [0.2, 0.25) is 0 Å². The third kappa shape index (κ3) is 5.87. The Morgan fingerprint density at radius 2 is 1.53 bits per heavy atom. The first kappa shape index (κ1) is 23.3. The summed E-state index contributed by atoms with van der Waals surface area (Å²) in [6, 6.07) is 15.2. The van der Waals surface area contributed by atoms with Crippen LogP contribution in [0.5, 0.6) is 5.75 Å². The van der Waals surface area contributed by atoms with E-state index in [1.54, 1.807) is 60.5 Å². The van der Waals surface area contributed by atoms with E-state index in [1.165, 1.54) is 0 Å². The van der Waals surface area contributed by atoms with Gasteiger partial charge in [0.15, 0.2) is 0 Å². The SMILES string of the molecule is COc1ccc(C(=O)N2CCC(C(NC(=O)c3ccccc3)C(=O)NC(C)C)CC2)cc1. The predicted octanol–water partition coefficient (Wildman–Crippen LogP) is 2.87. The van der Waals surface area contributed by atoms with Gasteiger partial charge in [-0.2, -0.15) is 0 Å². The van der Waals surface area contributed by atoms with Crippen molar-refractivity contribution in [3.8, 4) is 5.75 Å². The van der Waals surface area contributed by atoms with Crippen LogP contribution >= 0.6 is 0 Å². The van der Waals surface area contributed by atoms with E-state index in [-0.39, 0.29) is 29.7 Å². The highest BCUT2D eigenvalue weighted by atomic mass is 16.5. The topological polar surface area (TPSA) is 87.7 Å². The van der Waals surface area contributed by atoms with Crippen LogP contribution in [-0.4, -0.2) is 54.9 Å². The maximum atomic E-state index is 12.9. The van der Waals surface area contributed by atoms with E-state index in [4.69, 9.17) is 4.74 Å². The molecule has 170 valence electrons. The first-order valence-electron chi connectivity index (χ1n) is 11.0. The molecule has 1 unspecified atom stereocenters. The fourth-order valence-corrected chi connectivity index (χ4v) is 3.94. The summed E-state index contributed by atoms with van der Waals surface area (Å²) in [6.07, 6.45) is 1.26. The smallest absolute Gasteiger partial charge is 0.253 e. The monoisotopic (exact) mass is 437 g/mol. The molecule has 1 atom stereocenters. The van der Waals surface area contributed by atoms with Gasteiger partial charge in [-0.15, -0.1) is 0 Å². The summed E-state index contributed by atoms with van der Waals surface area (Å²) in [5, 5.41) is 5.85. The second-order valence-electron chi connectivity index (χ2n) is 8.34. The van der Waals surface area contributed by atoms with Gasteiger partial charge in [-0.1, -0.05) is 18.2 Å². The van der Waals surface area contributed by atoms with Gasteiger partial charge < -0.3 is 20.3 Å². The summed E-state index contributed by atoms with van der Waals surface area (Å²) in [7, 11) is 1.59. The molecule has 0 radical (unpaired) electrons. The van der Waals surface area contributed by atoms with Gasteiger partial charge in [0.25, 0.3) is 11.8 Å². The van der Waals surface area contributed by atoms with Gasteiger partial charge in [0, 0.05) is 30.3 Å². The van der Waals surface area contributed by atoms with E-state index in [0.717, 1.165) is 0 Å². The molecule has 1 fully saturated rings. The zero-order chi connectivity index (χ0) is 23.1. The molecule has 1 heterocycles. The zero-order valence-electron chi connectivity index (χ0n) is 18.8. The molecule has 32 heavy (non-hydrogen) atoms. The average molecular weight is 438 g/mol. The number of hydrogen-bond acceptors (Lipinski definition) is 4. The van der Waals surface area contributed by atoms with Gasteiger partial charge in [-0.3, -0.25) is 14.4 Å². The number of methoxy groups -OCH3 is 1. The third-order valence-electron chi connectivity index (χ3n) is 5.67. The molecule has 2 N–H and O–H groups in total. The number of ether oxygens (including phenoxy) is 1. The fourth-order valence-electron chi connectivity index (χ4n) is 3.94. The van der Waals surface area contributed by atoms with Crippen LogP contribution < -0.4 is 15.4 Å². The summed E-state index contributed by atoms with van der Waals surface area (Å²) in [5.41, 5.74) is 1.12. The molecule has 0 saturated carbocycles. The van der Waals surface area contributed by atoms with Crippen molar-refractivity contribution in [1.29, 1.82) is 0 Å². The largest absolute Gasteiger partial charge is 0.497 e. The minimum atomic E-state index is -0.650. The lowest BCUT2D eigenvalue weighted by atomic mass is 9.88. The molecule has 0 aromatic heterocycles. The minimum absolute atomic E-state index is 0.0321. The molecule has 2 aromatic carbocycles. The summed E-state index contributed by atoms with van der Waals surface area (Å²) in [6.45, 7) is 4.85. The second kappa shape index (κ2) is 10.8. The Hall–Kier alpha value is -3.35. The van der Waals surface area contributed by atoms with E-state index in [2.05, 4.69) is 10.6 Å². The number of carbonyl (C=O) groups excluding carboxylic acids is 3. The van der Waals surface area contributed by atoms with E-state index >= 15 is 0 Å². The van der Waals surface area contributed by atoms with Gasteiger partial charge in [0.05, 0.1) is 7.11 Å². The lowest BCUT2D eigenvalue weighted by Gasteiger charge is -2.36. The molecule has 7 nitrogen and oxygen atoms in total. The van der Waals surface area contributed by atoms with Gasteiger partial charge in [0.2, 0.25) is 5.91 Å². The number of nitrogens with zero attached hydrogens (tertiary/aromatic N) is 1. The Balaban J connectivity index is 1.66. The van der Waals surface area contributed by atoms with Crippen LogP contribution in [0.3, 0.4) is 0 Å². The van der Waals surface area contributed by atoms with Crippen LogP contribution in [0.1, 0.15) is 47.4 Å². The Morgan fingerprint density at radius 1 is 0.906 bits per heavy atom. The number of piperidine rings is 1. The van der Waals surface area contributed by atoms with Crippen LogP contribution in [0.15, 0.2) is 54.6 Å². The summed E-state index contributed by atoms with van der Waals surface area (Å²) < 4.78 is 5.15. The highest BCUT2D eigenvalue weighted by Gasteiger charge is 2.34. The summed E-state index contributed by atoms with van der Waals surface area (Å²) in [5.74, 6) is 0.146. The maximum Gasteiger partial charge on any atom is 0.253 e. The van der Waals surface area contributed by atoms with Crippen molar-refractivity contribution in [2.24, 2.45) is 5.92 Å². The maximum absolute atomic E-state index is 12.9. The molecule has 0 bridgehead atoms. The summed E-state index contributed by atoms with van der Waals surface area (Å²) in [4.78, 5) is 40.3. The van der Waals surface area contributed by atoms with Gasteiger partial charge in [-0.05, 0) is 69.0 Å². The summed E-state index contributed by atoms with van der Waals surface area (Å²) >= 11 is 0. The molecular formula is C25H31N3O4. The average Bonchev–Trinajstić information content (AvgIpc) is 2.82. The highest BCUT2D eigenvalue weighted by Crippen LogP contribution is 2.23.